The standard InChI is InChI=1S/C25H29Cl2NO6/c1-25(2,3)34-24(30)28-11-12-32-22(16-9-10-19(26)20(27)13-16)17(14-28)15-33-21-8-6-5-7-18(21)23(29)31-4/h5-10,13,17,22H,11-12,14-15H2,1-4H3/t17-,22-/m0/s1. The van der Waals surface area contributed by atoms with E-state index in [2.05, 4.69) is 0 Å². The van der Waals surface area contributed by atoms with Crippen molar-refractivity contribution in [2.45, 2.75) is 32.5 Å². The number of halogens is 2. The number of methoxy groups -OCH3 is 1. The van der Waals surface area contributed by atoms with Gasteiger partial charge in [-0.15, -0.1) is 0 Å². The molecule has 1 aliphatic rings. The summed E-state index contributed by atoms with van der Waals surface area (Å²) in [5, 5.41) is 0.848. The molecular formula is C25H29Cl2NO6. The normalized spacial score (nSPS) is 18.7. The highest BCUT2D eigenvalue weighted by Gasteiger charge is 2.34. The van der Waals surface area contributed by atoms with Crippen LogP contribution < -0.4 is 4.74 Å². The average Bonchev–Trinajstić information content (AvgIpc) is 3.01. The van der Waals surface area contributed by atoms with Gasteiger partial charge in [0.15, 0.2) is 0 Å². The van der Waals surface area contributed by atoms with Crippen LogP contribution in [0.2, 0.25) is 10.0 Å². The van der Waals surface area contributed by atoms with Gasteiger partial charge in [-0.2, -0.15) is 0 Å². The summed E-state index contributed by atoms with van der Waals surface area (Å²) in [7, 11) is 1.32. The molecule has 0 bridgehead atoms. The number of benzene rings is 2. The first-order valence-electron chi connectivity index (χ1n) is 10.9. The molecule has 0 aliphatic carbocycles. The van der Waals surface area contributed by atoms with Gasteiger partial charge in [-0.05, 0) is 50.6 Å². The third-order valence-corrected chi connectivity index (χ3v) is 5.95. The molecule has 1 heterocycles. The molecule has 9 heteroatoms. The Labute approximate surface area is 209 Å². The van der Waals surface area contributed by atoms with Crippen LogP contribution in [0.15, 0.2) is 42.5 Å². The predicted octanol–water partition coefficient (Wildman–Crippen LogP) is 5.78. The van der Waals surface area contributed by atoms with Gasteiger partial charge in [-0.1, -0.05) is 41.4 Å². The molecule has 1 saturated heterocycles. The Morgan fingerprint density at radius 2 is 1.85 bits per heavy atom. The lowest BCUT2D eigenvalue weighted by Crippen LogP contribution is -2.41. The number of ether oxygens (including phenoxy) is 4. The van der Waals surface area contributed by atoms with Gasteiger partial charge in [0.2, 0.25) is 0 Å². The third-order valence-electron chi connectivity index (χ3n) is 5.21. The van der Waals surface area contributed by atoms with Crippen LogP contribution in [0.1, 0.15) is 42.8 Å². The molecule has 0 saturated carbocycles. The minimum Gasteiger partial charge on any atom is -0.492 e. The Kier molecular flexibility index (Phi) is 8.68. The molecule has 2 aromatic carbocycles. The van der Waals surface area contributed by atoms with E-state index in [1.54, 1.807) is 41.3 Å². The molecule has 1 amide bonds. The number of rotatable bonds is 5. The number of esters is 1. The molecule has 34 heavy (non-hydrogen) atoms. The maximum Gasteiger partial charge on any atom is 0.410 e. The van der Waals surface area contributed by atoms with Crippen molar-refractivity contribution < 1.29 is 28.5 Å². The zero-order valence-electron chi connectivity index (χ0n) is 19.7. The topological polar surface area (TPSA) is 74.3 Å². The minimum atomic E-state index is -0.626. The van der Waals surface area contributed by atoms with Gasteiger partial charge in [0.1, 0.15) is 16.9 Å². The molecule has 0 unspecified atom stereocenters. The summed E-state index contributed by atoms with van der Waals surface area (Å²) in [4.78, 5) is 26.6. The summed E-state index contributed by atoms with van der Waals surface area (Å²) in [6.07, 6.45) is -0.849. The van der Waals surface area contributed by atoms with Gasteiger partial charge in [0.05, 0.1) is 36.5 Å². The Morgan fingerprint density at radius 3 is 2.53 bits per heavy atom. The second kappa shape index (κ2) is 11.3. The Balaban J connectivity index is 1.88. The van der Waals surface area contributed by atoms with E-state index in [1.165, 1.54) is 7.11 Å². The maximum absolute atomic E-state index is 12.8. The molecule has 1 aliphatic heterocycles. The van der Waals surface area contributed by atoms with Gasteiger partial charge in [-0.3, -0.25) is 0 Å². The van der Waals surface area contributed by atoms with Crippen molar-refractivity contribution in [1.29, 1.82) is 0 Å². The number of amides is 1. The number of para-hydroxylation sites is 1. The van der Waals surface area contributed by atoms with E-state index < -0.39 is 23.8 Å². The molecule has 2 atom stereocenters. The predicted molar refractivity (Wildman–Crippen MR) is 130 cm³/mol. The third kappa shape index (κ3) is 6.78. The van der Waals surface area contributed by atoms with Crippen molar-refractivity contribution in [3.63, 3.8) is 0 Å². The smallest absolute Gasteiger partial charge is 0.410 e. The SMILES string of the molecule is COC(=O)c1ccccc1OC[C@@H]1CN(C(=O)OC(C)(C)C)CCO[C@H]1c1ccc(Cl)c(Cl)c1. The van der Waals surface area contributed by atoms with E-state index in [0.717, 1.165) is 5.56 Å². The number of carbonyl (C=O) groups excluding carboxylic acids is 2. The molecule has 3 rings (SSSR count). The highest BCUT2D eigenvalue weighted by molar-refractivity contribution is 6.42. The van der Waals surface area contributed by atoms with Gasteiger partial charge >= 0.3 is 12.1 Å². The molecule has 0 N–H and O–H groups in total. The van der Waals surface area contributed by atoms with Gasteiger partial charge in [0, 0.05) is 19.0 Å². The first-order valence-corrected chi connectivity index (χ1v) is 11.7. The Hall–Kier alpha value is -2.48. The van der Waals surface area contributed by atoms with Crippen molar-refractivity contribution in [2.75, 3.05) is 33.4 Å². The van der Waals surface area contributed by atoms with Crippen LogP contribution in [0.5, 0.6) is 5.75 Å². The van der Waals surface area contributed by atoms with Crippen LogP contribution in [-0.2, 0) is 14.2 Å². The lowest BCUT2D eigenvalue weighted by atomic mass is 9.95. The fraction of sp³-hybridized carbons (Fsp3) is 0.440. The number of carbonyl (C=O) groups is 2. The summed E-state index contributed by atoms with van der Waals surface area (Å²) in [5.41, 5.74) is 0.503. The van der Waals surface area contributed by atoms with Crippen molar-refractivity contribution >= 4 is 35.3 Å². The average molecular weight is 510 g/mol. The van der Waals surface area contributed by atoms with E-state index in [0.29, 0.717) is 41.1 Å². The first kappa shape index (κ1) is 26.1. The zero-order valence-corrected chi connectivity index (χ0v) is 21.2. The molecule has 184 valence electrons. The molecule has 7 nitrogen and oxygen atoms in total. The maximum atomic E-state index is 12.8. The highest BCUT2D eigenvalue weighted by atomic mass is 35.5. The Bertz CT molecular complexity index is 1020. The van der Waals surface area contributed by atoms with Crippen LogP contribution >= 0.6 is 23.2 Å². The van der Waals surface area contributed by atoms with Gasteiger partial charge < -0.3 is 23.8 Å². The molecular weight excluding hydrogens is 481 g/mol. The van der Waals surface area contributed by atoms with E-state index in [-0.39, 0.29) is 12.5 Å². The van der Waals surface area contributed by atoms with Crippen molar-refractivity contribution in [3.8, 4) is 5.75 Å². The van der Waals surface area contributed by atoms with Crippen LogP contribution in [-0.4, -0.2) is 56.0 Å². The molecule has 1 fully saturated rings. The van der Waals surface area contributed by atoms with E-state index >= 15 is 0 Å². The quantitative estimate of drug-likeness (QED) is 0.475. The van der Waals surface area contributed by atoms with E-state index in [4.69, 9.17) is 42.1 Å². The fourth-order valence-corrected chi connectivity index (χ4v) is 3.96. The van der Waals surface area contributed by atoms with Gasteiger partial charge in [0.25, 0.3) is 0 Å². The summed E-state index contributed by atoms with van der Waals surface area (Å²) >= 11 is 12.4. The second-order valence-electron chi connectivity index (χ2n) is 8.95. The first-order chi connectivity index (χ1) is 16.1. The van der Waals surface area contributed by atoms with Crippen LogP contribution in [0.25, 0.3) is 0 Å². The lowest BCUT2D eigenvalue weighted by molar-refractivity contribution is 0.0146. The van der Waals surface area contributed by atoms with Crippen LogP contribution in [0.4, 0.5) is 4.79 Å². The van der Waals surface area contributed by atoms with Crippen LogP contribution in [0.3, 0.4) is 0 Å². The molecule has 0 spiro atoms. The summed E-state index contributed by atoms with van der Waals surface area (Å²) in [6, 6.07) is 12.2. The zero-order chi connectivity index (χ0) is 24.9. The number of hydrogen-bond donors (Lipinski definition) is 0. The van der Waals surface area contributed by atoms with Crippen LogP contribution in [0, 0.1) is 5.92 Å². The number of nitrogens with zero attached hydrogens (tertiary/aromatic N) is 1. The van der Waals surface area contributed by atoms with Gasteiger partial charge in [-0.25, -0.2) is 9.59 Å². The summed E-state index contributed by atoms with van der Waals surface area (Å²) < 4.78 is 22.7. The number of hydrogen-bond acceptors (Lipinski definition) is 6. The van der Waals surface area contributed by atoms with Crippen molar-refractivity contribution in [2.24, 2.45) is 5.92 Å². The minimum absolute atomic E-state index is 0.165. The van der Waals surface area contributed by atoms with E-state index in [9.17, 15) is 9.59 Å². The molecule has 2 aromatic rings. The van der Waals surface area contributed by atoms with Crippen molar-refractivity contribution in [3.05, 3.63) is 63.6 Å². The second-order valence-corrected chi connectivity index (χ2v) is 9.76. The lowest BCUT2D eigenvalue weighted by Gasteiger charge is -2.30. The summed E-state index contributed by atoms with van der Waals surface area (Å²) in [6.45, 7) is 6.62. The monoisotopic (exact) mass is 509 g/mol. The fourth-order valence-electron chi connectivity index (χ4n) is 3.65. The highest BCUT2D eigenvalue weighted by Crippen LogP contribution is 2.34. The largest absolute Gasteiger partial charge is 0.492 e. The molecule has 0 radical (unpaired) electrons. The Morgan fingerprint density at radius 1 is 1.12 bits per heavy atom. The summed E-state index contributed by atoms with van der Waals surface area (Å²) in [5.74, 6) is -0.405. The molecule has 0 aromatic heterocycles. The van der Waals surface area contributed by atoms with E-state index in [1.807, 2.05) is 26.8 Å². The van der Waals surface area contributed by atoms with Crippen molar-refractivity contribution in [1.82, 2.24) is 4.90 Å².